The van der Waals surface area contributed by atoms with Crippen LogP contribution in [-0.2, 0) is 19.7 Å². The highest BCUT2D eigenvalue weighted by atomic mass is 16.5. The van der Waals surface area contributed by atoms with E-state index in [0.29, 0.717) is 5.92 Å². The standard InChI is InChI=1S/C16H22O2.C5H10.C3H8O/c1-12(2)15(10-17)13-4-6-14(7-5-13)16(3)8-9-18-11-16;1-4-5(2)3;1-3-4-2/h4-7,10,12,15H,8-9,11H2,1-3H3;2,4H2,1,3H3;3H2,1-2H3. The smallest absolute Gasteiger partial charge is 0.127 e. The van der Waals surface area contributed by atoms with Gasteiger partial charge < -0.3 is 14.3 Å². The topological polar surface area (TPSA) is 35.5 Å². The second-order valence-corrected chi connectivity index (χ2v) is 7.78. The number of allylic oxidation sites excluding steroid dienone is 1. The van der Waals surface area contributed by atoms with Gasteiger partial charge in [0.2, 0.25) is 0 Å². The molecule has 1 aliphatic heterocycles. The largest absolute Gasteiger partial charge is 0.385 e. The lowest BCUT2D eigenvalue weighted by atomic mass is 9.80. The molecule has 154 valence electrons. The number of ether oxygens (including phenoxy) is 2. The molecule has 0 spiro atoms. The first-order valence-electron chi connectivity index (χ1n) is 10.0. The maximum Gasteiger partial charge on any atom is 0.127 e. The lowest BCUT2D eigenvalue weighted by molar-refractivity contribution is -0.109. The van der Waals surface area contributed by atoms with Crippen LogP contribution in [-0.4, -0.2) is 33.2 Å². The fraction of sp³-hybridized carbons (Fsp3) is 0.625. The second-order valence-electron chi connectivity index (χ2n) is 7.78. The lowest BCUT2D eigenvalue weighted by Crippen LogP contribution is -2.21. The number of hydrogen-bond donors (Lipinski definition) is 0. The van der Waals surface area contributed by atoms with E-state index in [1.54, 1.807) is 7.11 Å². The van der Waals surface area contributed by atoms with Crippen molar-refractivity contribution in [2.75, 3.05) is 26.9 Å². The van der Waals surface area contributed by atoms with Gasteiger partial charge in [0.15, 0.2) is 0 Å². The number of carbonyl (C=O) groups is 1. The van der Waals surface area contributed by atoms with Crippen LogP contribution in [0.1, 0.15) is 71.4 Å². The van der Waals surface area contributed by atoms with Gasteiger partial charge in [0.25, 0.3) is 0 Å². The average Bonchev–Trinajstić information content (AvgIpc) is 3.11. The van der Waals surface area contributed by atoms with Gasteiger partial charge in [-0.05, 0) is 43.7 Å². The first kappa shape index (κ1) is 25.6. The minimum atomic E-state index is 0.00619. The van der Waals surface area contributed by atoms with Crippen LogP contribution in [0.3, 0.4) is 0 Å². The molecule has 0 bridgehead atoms. The zero-order valence-electron chi connectivity index (χ0n) is 18.5. The van der Waals surface area contributed by atoms with Crippen molar-refractivity contribution in [1.29, 1.82) is 0 Å². The molecular weight excluding hydrogens is 336 g/mol. The predicted molar refractivity (Wildman–Crippen MR) is 116 cm³/mol. The van der Waals surface area contributed by atoms with Crippen molar-refractivity contribution in [3.05, 3.63) is 47.5 Å². The van der Waals surface area contributed by atoms with Gasteiger partial charge in [0.1, 0.15) is 6.29 Å². The van der Waals surface area contributed by atoms with Crippen molar-refractivity contribution in [3.8, 4) is 0 Å². The van der Waals surface area contributed by atoms with Crippen LogP contribution in [0, 0.1) is 5.92 Å². The molecule has 2 unspecified atom stereocenters. The van der Waals surface area contributed by atoms with Crippen molar-refractivity contribution in [3.63, 3.8) is 0 Å². The van der Waals surface area contributed by atoms with Crippen molar-refractivity contribution in [2.45, 2.75) is 65.7 Å². The Morgan fingerprint density at radius 3 is 2.11 bits per heavy atom. The molecule has 0 radical (unpaired) electrons. The molecule has 0 amide bonds. The number of benzene rings is 1. The van der Waals surface area contributed by atoms with Crippen molar-refractivity contribution >= 4 is 6.29 Å². The molecule has 0 aromatic heterocycles. The molecule has 1 fully saturated rings. The number of rotatable bonds is 6. The van der Waals surface area contributed by atoms with Gasteiger partial charge in [-0.1, -0.05) is 57.5 Å². The van der Waals surface area contributed by atoms with Crippen LogP contribution in [0.15, 0.2) is 36.4 Å². The van der Waals surface area contributed by atoms with Crippen LogP contribution in [0.4, 0.5) is 0 Å². The lowest BCUT2D eigenvalue weighted by Gasteiger charge is -2.23. The summed E-state index contributed by atoms with van der Waals surface area (Å²) in [7, 11) is 1.68. The van der Waals surface area contributed by atoms with Gasteiger partial charge in [-0.2, -0.15) is 0 Å². The summed E-state index contributed by atoms with van der Waals surface area (Å²) < 4.78 is 10.0. The molecule has 1 heterocycles. The Hall–Kier alpha value is -1.45. The van der Waals surface area contributed by atoms with Crippen LogP contribution in [0.2, 0.25) is 0 Å². The second kappa shape index (κ2) is 13.7. The molecule has 3 heteroatoms. The fourth-order valence-corrected chi connectivity index (χ4v) is 2.62. The van der Waals surface area contributed by atoms with E-state index in [2.05, 4.69) is 63.3 Å². The summed E-state index contributed by atoms with van der Waals surface area (Å²) in [6.45, 7) is 18.6. The van der Waals surface area contributed by atoms with Gasteiger partial charge in [-0.15, -0.1) is 6.58 Å². The Labute approximate surface area is 167 Å². The summed E-state index contributed by atoms with van der Waals surface area (Å²) in [5.74, 6) is 0.352. The molecule has 1 aliphatic rings. The third kappa shape index (κ3) is 9.34. The van der Waals surface area contributed by atoms with E-state index in [-0.39, 0.29) is 11.3 Å². The zero-order chi connectivity index (χ0) is 20.9. The van der Waals surface area contributed by atoms with Gasteiger partial charge in [0.05, 0.1) is 6.61 Å². The molecule has 0 aliphatic carbocycles. The van der Waals surface area contributed by atoms with E-state index in [4.69, 9.17) is 4.74 Å². The predicted octanol–water partition coefficient (Wildman–Crippen LogP) is 5.93. The van der Waals surface area contributed by atoms with Gasteiger partial charge >= 0.3 is 0 Å². The molecule has 1 saturated heterocycles. The molecule has 2 atom stereocenters. The Kier molecular flexibility index (Phi) is 12.9. The molecule has 2 rings (SSSR count). The molecular formula is C24H40O3. The summed E-state index contributed by atoms with van der Waals surface area (Å²) in [6.07, 6.45) is 3.24. The zero-order valence-corrected chi connectivity index (χ0v) is 18.5. The van der Waals surface area contributed by atoms with Crippen molar-refractivity contribution in [2.24, 2.45) is 5.92 Å². The fourth-order valence-electron chi connectivity index (χ4n) is 2.62. The summed E-state index contributed by atoms with van der Waals surface area (Å²) in [6, 6.07) is 8.50. The van der Waals surface area contributed by atoms with Gasteiger partial charge in [0, 0.05) is 31.7 Å². The van der Waals surface area contributed by atoms with E-state index in [1.807, 2.05) is 13.8 Å². The maximum atomic E-state index is 11.1. The summed E-state index contributed by atoms with van der Waals surface area (Å²) >= 11 is 0. The molecule has 1 aromatic rings. The van der Waals surface area contributed by atoms with Crippen LogP contribution >= 0.6 is 0 Å². The van der Waals surface area contributed by atoms with Crippen molar-refractivity contribution < 1.29 is 14.3 Å². The van der Waals surface area contributed by atoms with E-state index in [0.717, 1.165) is 44.5 Å². The Morgan fingerprint density at radius 2 is 1.81 bits per heavy atom. The molecule has 0 saturated carbocycles. The highest BCUT2D eigenvalue weighted by molar-refractivity contribution is 5.62. The summed E-state index contributed by atoms with van der Waals surface area (Å²) in [5, 5.41) is 0. The van der Waals surface area contributed by atoms with Crippen LogP contribution < -0.4 is 0 Å². The normalized spacial score (nSPS) is 19.4. The quantitative estimate of drug-likeness (QED) is 0.456. The van der Waals surface area contributed by atoms with Gasteiger partial charge in [-0.3, -0.25) is 0 Å². The molecule has 0 N–H and O–H groups in total. The third-order valence-electron chi connectivity index (χ3n) is 4.97. The first-order valence-corrected chi connectivity index (χ1v) is 10.0. The molecule has 27 heavy (non-hydrogen) atoms. The number of aldehydes is 1. The third-order valence-corrected chi connectivity index (χ3v) is 4.97. The van der Waals surface area contributed by atoms with Crippen LogP contribution in [0.25, 0.3) is 0 Å². The first-order chi connectivity index (χ1) is 12.7. The van der Waals surface area contributed by atoms with Crippen molar-refractivity contribution in [1.82, 2.24) is 0 Å². The van der Waals surface area contributed by atoms with E-state index < -0.39 is 0 Å². The van der Waals surface area contributed by atoms with E-state index in [9.17, 15) is 4.79 Å². The Morgan fingerprint density at radius 1 is 1.30 bits per heavy atom. The highest BCUT2D eigenvalue weighted by Gasteiger charge is 2.31. The Balaban J connectivity index is 0.000000630. The van der Waals surface area contributed by atoms with E-state index in [1.165, 1.54) is 11.1 Å². The van der Waals surface area contributed by atoms with Crippen LogP contribution in [0.5, 0.6) is 0 Å². The highest BCUT2D eigenvalue weighted by Crippen LogP contribution is 2.33. The monoisotopic (exact) mass is 376 g/mol. The Bertz CT molecular complexity index is 523. The van der Waals surface area contributed by atoms with Gasteiger partial charge in [-0.25, -0.2) is 0 Å². The molecule has 1 aromatic carbocycles. The van der Waals surface area contributed by atoms with E-state index >= 15 is 0 Å². The SMILES string of the molecule is C=C(C)CC.CC(C)C(C=O)c1ccc(C2(C)CCOC2)cc1.CCOC. The minimum Gasteiger partial charge on any atom is -0.385 e. The maximum absolute atomic E-state index is 11.1. The minimum absolute atomic E-state index is 0.00619. The average molecular weight is 377 g/mol. The number of carbonyl (C=O) groups excluding carboxylic acids is 1. The number of hydrogen-bond acceptors (Lipinski definition) is 3. The summed E-state index contributed by atoms with van der Waals surface area (Å²) in [5.41, 5.74) is 3.83. The molecule has 3 nitrogen and oxygen atoms in total. The summed E-state index contributed by atoms with van der Waals surface area (Å²) in [4.78, 5) is 11.1. The number of methoxy groups -OCH3 is 1.